The maximum atomic E-state index is 12.2. The third-order valence-corrected chi connectivity index (χ3v) is 5.25. The number of hydrogen-bond acceptors (Lipinski definition) is 4. The maximum Gasteiger partial charge on any atom is 0.315 e. The summed E-state index contributed by atoms with van der Waals surface area (Å²) < 4.78 is 5.35. The van der Waals surface area contributed by atoms with E-state index >= 15 is 0 Å². The molecule has 2 heterocycles. The number of hydrogen-bond donors (Lipinski definition) is 2. The van der Waals surface area contributed by atoms with Crippen LogP contribution in [0.5, 0.6) is 5.75 Å². The minimum absolute atomic E-state index is 0.0772. The second-order valence-corrected chi connectivity index (χ2v) is 7.36. The van der Waals surface area contributed by atoms with E-state index in [4.69, 9.17) is 4.74 Å². The molecule has 0 aliphatic carbocycles. The molecule has 0 spiro atoms. The summed E-state index contributed by atoms with van der Waals surface area (Å²) in [5.41, 5.74) is 3.56. The molecule has 2 amide bonds. The van der Waals surface area contributed by atoms with Crippen LogP contribution in [0.1, 0.15) is 29.5 Å². The molecular weight excluding hydrogens is 352 g/mol. The van der Waals surface area contributed by atoms with Crippen LogP contribution < -0.4 is 15.4 Å². The molecular formula is C22H30N4O2. The number of ether oxygens (including phenoxy) is 1. The topological polar surface area (TPSA) is 66.5 Å². The number of methoxy groups -OCH3 is 1. The highest BCUT2D eigenvalue weighted by Gasteiger charge is 2.20. The Bertz CT molecular complexity index is 758. The highest BCUT2D eigenvalue weighted by Crippen LogP contribution is 2.19. The monoisotopic (exact) mass is 382 g/mol. The van der Waals surface area contributed by atoms with Gasteiger partial charge in [-0.25, -0.2) is 4.79 Å². The lowest BCUT2D eigenvalue weighted by molar-refractivity contribution is 0.186. The van der Waals surface area contributed by atoms with Crippen molar-refractivity contribution in [2.75, 3.05) is 26.7 Å². The number of nitrogens with one attached hydrogen (secondary N) is 2. The number of likely N-dealkylation sites (tertiary alicyclic amines) is 1. The SMILES string of the molecule is COc1cc(CCNC(=O)NC2CCN(Cc3ccncc3)CC2)ccc1C. The van der Waals surface area contributed by atoms with Crippen LogP contribution >= 0.6 is 0 Å². The van der Waals surface area contributed by atoms with E-state index in [-0.39, 0.29) is 12.1 Å². The molecule has 150 valence electrons. The summed E-state index contributed by atoms with van der Waals surface area (Å²) in [5.74, 6) is 0.889. The van der Waals surface area contributed by atoms with Gasteiger partial charge in [-0.2, -0.15) is 0 Å². The molecule has 2 aromatic rings. The molecule has 0 bridgehead atoms. The van der Waals surface area contributed by atoms with Gasteiger partial charge < -0.3 is 15.4 Å². The van der Waals surface area contributed by atoms with Gasteiger partial charge in [-0.15, -0.1) is 0 Å². The van der Waals surface area contributed by atoms with E-state index in [0.29, 0.717) is 6.54 Å². The number of nitrogens with zero attached hydrogens (tertiary/aromatic N) is 2. The van der Waals surface area contributed by atoms with Crippen LogP contribution in [0, 0.1) is 6.92 Å². The lowest BCUT2D eigenvalue weighted by Gasteiger charge is -2.32. The van der Waals surface area contributed by atoms with Crippen molar-refractivity contribution in [2.45, 2.75) is 38.8 Å². The summed E-state index contributed by atoms with van der Waals surface area (Å²) in [7, 11) is 1.68. The quantitative estimate of drug-likeness (QED) is 0.773. The lowest BCUT2D eigenvalue weighted by atomic mass is 10.0. The van der Waals surface area contributed by atoms with Crippen LogP contribution in [0.4, 0.5) is 4.79 Å². The number of aryl methyl sites for hydroxylation is 1. The van der Waals surface area contributed by atoms with E-state index in [9.17, 15) is 4.79 Å². The number of urea groups is 1. The molecule has 1 aliphatic rings. The summed E-state index contributed by atoms with van der Waals surface area (Å²) in [6, 6.07) is 10.4. The van der Waals surface area contributed by atoms with Crippen molar-refractivity contribution in [1.82, 2.24) is 20.5 Å². The van der Waals surface area contributed by atoms with Gasteiger partial charge >= 0.3 is 6.03 Å². The van der Waals surface area contributed by atoms with Crippen molar-refractivity contribution in [3.8, 4) is 5.75 Å². The second-order valence-electron chi connectivity index (χ2n) is 7.36. The molecule has 1 aromatic carbocycles. The van der Waals surface area contributed by atoms with Gasteiger partial charge in [-0.1, -0.05) is 12.1 Å². The molecule has 0 radical (unpaired) electrons. The maximum absolute atomic E-state index is 12.2. The van der Waals surface area contributed by atoms with Crippen molar-refractivity contribution in [3.05, 3.63) is 59.4 Å². The molecule has 0 unspecified atom stereocenters. The summed E-state index contributed by atoms with van der Waals surface area (Å²) in [5, 5.41) is 6.08. The number of aromatic nitrogens is 1. The summed E-state index contributed by atoms with van der Waals surface area (Å²) in [6.45, 7) is 5.57. The number of piperidine rings is 1. The van der Waals surface area contributed by atoms with Crippen LogP contribution in [-0.4, -0.2) is 48.7 Å². The van der Waals surface area contributed by atoms with Crippen molar-refractivity contribution < 1.29 is 9.53 Å². The molecule has 2 N–H and O–H groups in total. The van der Waals surface area contributed by atoms with Crippen molar-refractivity contribution in [1.29, 1.82) is 0 Å². The molecule has 1 aromatic heterocycles. The number of carbonyl (C=O) groups excluding carboxylic acids is 1. The highest BCUT2D eigenvalue weighted by atomic mass is 16.5. The van der Waals surface area contributed by atoms with Gasteiger partial charge in [0.2, 0.25) is 0 Å². The Morgan fingerprint density at radius 3 is 2.64 bits per heavy atom. The normalized spacial score (nSPS) is 15.2. The van der Waals surface area contributed by atoms with Gasteiger partial charge in [-0.05, 0) is 61.1 Å². The third kappa shape index (κ3) is 5.96. The fourth-order valence-corrected chi connectivity index (χ4v) is 3.56. The fourth-order valence-electron chi connectivity index (χ4n) is 3.56. The van der Waals surface area contributed by atoms with Crippen LogP contribution in [0.3, 0.4) is 0 Å². The average molecular weight is 383 g/mol. The zero-order valence-corrected chi connectivity index (χ0v) is 16.8. The molecule has 0 saturated carbocycles. The number of pyridine rings is 1. The minimum Gasteiger partial charge on any atom is -0.496 e. The molecule has 1 fully saturated rings. The molecule has 6 nitrogen and oxygen atoms in total. The Labute approximate surface area is 167 Å². The standard InChI is InChI=1S/C22H30N4O2/c1-17-3-4-18(15-21(17)28-2)7-12-24-22(27)25-20-8-13-26(14-9-20)16-19-5-10-23-11-6-19/h3-6,10-11,15,20H,7-9,12-14,16H2,1-2H3,(H2,24,25,27). The summed E-state index contributed by atoms with van der Waals surface area (Å²) in [4.78, 5) is 18.7. The Morgan fingerprint density at radius 2 is 1.93 bits per heavy atom. The van der Waals surface area contributed by atoms with Crippen LogP contribution in [-0.2, 0) is 13.0 Å². The summed E-state index contributed by atoms with van der Waals surface area (Å²) in [6.07, 6.45) is 6.41. The van der Waals surface area contributed by atoms with Crippen molar-refractivity contribution in [3.63, 3.8) is 0 Å². The van der Waals surface area contributed by atoms with Crippen LogP contribution in [0.15, 0.2) is 42.7 Å². The van der Waals surface area contributed by atoms with Gasteiger partial charge in [0.25, 0.3) is 0 Å². The molecule has 1 aliphatic heterocycles. The predicted octanol–water partition coefficient (Wildman–Crippen LogP) is 2.90. The Kier molecular flexibility index (Phi) is 7.25. The van der Waals surface area contributed by atoms with Gasteiger partial charge in [0.05, 0.1) is 7.11 Å². The number of amides is 2. The predicted molar refractivity (Wildman–Crippen MR) is 111 cm³/mol. The van der Waals surface area contributed by atoms with Crippen LogP contribution in [0.25, 0.3) is 0 Å². The summed E-state index contributed by atoms with van der Waals surface area (Å²) >= 11 is 0. The molecule has 1 saturated heterocycles. The lowest BCUT2D eigenvalue weighted by Crippen LogP contribution is -2.48. The first-order valence-corrected chi connectivity index (χ1v) is 9.93. The van der Waals surface area contributed by atoms with Crippen LogP contribution in [0.2, 0.25) is 0 Å². The number of benzene rings is 1. The van der Waals surface area contributed by atoms with E-state index in [1.165, 1.54) is 5.56 Å². The highest BCUT2D eigenvalue weighted by molar-refractivity contribution is 5.74. The fraction of sp³-hybridized carbons (Fsp3) is 0.455. The van der Waals surface area contributed by atoms with Crippen molar-refractivity contribution in [2.24, 2.45) is 0 Å². The van der Waals surface area contributed by atoms with Gasteiger partial charge in [0.15, 0.2) is 0 Å². The Morgan fingerprint density at radius 1 is 1.18 bits per heavy atom. The first-order valence-electron chi connectivity index (χ1n) is 9.93. The molecule has 28 heavy (non-hydrogen) atoms. The molecule has 0 atom stereocenters. The first kappa shape index (κ1) is 20.1. The van der Waals surface area contributed by atoms with Gasteiger partial charge in [0.1, 0.15) is 5.75 Å². The number of rotatable bonds is 7. The zero-order valence-electron chi connectivity index (χ0n) is 16.8. The third-order valence-electron chi connectivity index (χ3n) is 5.25. The van der Waals surface area contributed by atoms with Crippen molar-refractivity contribution >= 4 is 6.03 Å². The molecule has 3 rings (SSSR count). The van der Waals surface area contributed by atoms with Gasteiger partial charge in [0, 0.05) is 44.6 Å². The smallest absolute Gasteiger partial charge is 0.315 e. The van der Waals surface area contributed by atoms with E-state index in [2.05, 4.69) is 38.7 Å². The largest absolute Gasteiger partial charge is 0.496 e. The minimum atomic E-state index is -0.0772. The first-order chi connectivity index (χ1) is 13.6. The zero-order chi connectivity index (χ0) is 19.8. The van der Waals surface area contributed by atoms with E-state index in [1.54, 1.807) is 7.11 Å². The van der Waals surface area contributed by atoms with E-state index in [0.717, 1.165) is 55.8 Å². The van der Waals surface area contributed by atoms with Gasteiger partial charge in [-0.3, -0.25) is 9.88 Å². The Hall–Kier alpha value is -2.60. The number of carbonyl (C=O) groups is 1. The van der Waals surface area contributed by atoms with E-state index in [1.807, 2.05) is 31.5 Å². The van der Waals surface area contributed by atoms with E-state index < -0.39 is 0 Å². The second kappa shape index (κ2) is 10.1. The average Bonchev–Trinajstić information content (AvgIpc) is 2.71. The Balaban J connectivity index is 1.34. The molecule has 6 heteroatoms.